The van der Waals surface area contributed by atoms with Gasteiger partial charge in [-0.1, -0.05) is 20.3 Å². The highest BCUT2D eigenvalue weighted by atomic mass is 16.5. The summed E-state index contributed by atoms with van der Waals surface area (Å²) < 4.78 is 5.10. The molecule has 0 radical (unpaired) electrons. The molecule has 0 bridgehead atoms. The van der Waals surface area contributed by atoms with E-state index in [1.165, 1.54) is 0 Å². The molecule has 2 amide bonds. The molecule has 1 aromatic rings. The first-order chi connectivity index (χ1) is 11.5. The van der Waals surface area contributed by atoms with Crippen molar-refractivity contribution in [3.8, 4) is 5.75 Å². The van der Waals surface area contributed by atoms with Crippen molar-refractivity contribution in [3.63, 3.8) is 0 Å². The molecule has 0 aliphatic carbocycles. The zero-order chi connectivity index (χ0) is 17.7. The quantitative estimate of drug-likeness (QED) is 0.882. The van der Waals surface area contributed by atoms with Gasteiger partial charge in [-0.05, 0) is 30.2 Å². The van der Waals surface area contributed by atoms with Crippen LogP contribution in [0.4, 0.5) is 0 Å². The molecule has 6 heteroatoms. The second-order valence-corrected chi connectivity index (χ2v) is 6.26. The van der Waals surface area contributed by atoms with Gasteiger partial charge in [0.25, 0.3) is 5.91 Å². The van der Waals surface area contributed by atoms with Crippen molar-refractivity contribution < 1.29 is 14.3 Å². The highest BCUT2D eigenvalue weighted by Crippen LogP contribution is 2.15. The largest absolute Gasteiger partial charge is 0.497 e. The van der Waals surface area contributed by atoms with E-state index in [4.69, 9.17) is 10.5 Å². The number of carbonyl (C=O) groups is 2. The summed E-state index contributed by atoms with van der Waals surface area (Å²) in [5.41, 5.74) is 6.66. The standard InChI is InChI=1S/C18H27N3O3/c1-4-13(2)16(19)18(23)21-11-9-20(10-12-21)17(22)14-5-7-15(24-3)8-6-14/h5-8,13,16H,4,9-12,19H2,1-3H3. The Morgan fingerprint density at radius 1 is 1.12 bits per heavy atom. The summed E-state index contributed by atoms with van der Waals surface area (Å²) in [5.74, 6) is 0.856. The van der Waals surface area contributed by atoms with Crippen molar-refractivity contribution in [2.75, 3.05) is 33.3 Å². The van der Waals surface area contributed by atoms with Crippen LogP contribution in [0, 0.1) is 5.92 Å². The minimum absolute atomic E-state index is 0.0131. The molecule has 1 fully saturated rings. The number of methoxy groups -OCH3 is 1. The Kier molecular flexibility index (Phi) is 6.20. The first-order valence-electron chi connectivity index (χ1n) is 8.45. The topological polar surface area (TPSA) is 75.9 Å². The van der Waals surface area contributed by atoms with Crippen molar-refractivity contribution in [3.05, 3.63) is 29.8 Å². The van der Waals surface area contributed by atoms with E-state index >= 15 is 0 Å². The number of ether oxygens (including phenoxy) is 1. The Labute approximate surface area is 143 Å². The van der Waals surface area contributed by atoms with Crippen molar-refractivity contribution in [1.29, 1.82) is 0 Å². The smallest absolute Gasteiger partial charge is 0.253 e. The van der Waals surface area contributed by atoms with Crippen LogP contribution in [-0.2, 0) is 4.79 Å². The fourth-order valence-corrected chi connectivity index (χ4v) is 2.75. The molecule has 0 spiro atoms. The summed E-state index contributed by atoms with van der Waals surface area (Å²) >= 11 is 0. The van der Waals surface area contributed by atoms with Crippen LogP contribution < -0.4 is 10.5 Å². The number of nitrogens with two attached hydrogens (primary N) is 1. The molecule has 1 aliphatic rings. The molecule has 1 saturated heterocycles. The predicted molar refractivity (Wildman–Crippen MR) is 92.9 cm³/mol. The zero-order valence-corrected chi connectivity index (χ0v) is 14.7. The van der Waals surface area contributed by atoms with Crippen LogP contribution in [0.5, 0.6) is 5.75 Å². The van der Waals surface area contributed by atoms with Crippen molar-refractivity contribution in [2.45, 2.75) is 26.3 Å². The maximum Gasteiger partial charge on any atom is 0.253 e. The van der Waals surface area contributed by atoms with Crippen LogP contribution in [0.25, 0.3) is 0 Å². The van der Waals surface area contributed by atoms with Gasteiger partial charge in [-0.25, -0.2) is 0 Å². The summed E-state index contributed by atoms with van der Waals surface area (Å²) in [4.78, 5) is 28.5. The average molecular weight is 333 g/mol. The molecule has 2 N–H and O–H groups in total. The van der Waals surface area contributed by atoms with E-state index in [0.717, 1.165) is 12.2 Å². The minimum atomic E-state index is -0.459. The van der Waals surface area contributed by atoms with E-state index in [9.17, 15) is 9.59 Å². The minimum Gasteiger partial charge on any atom is -0.497 e. The summed E-state index contributed by atoms with van der Waals surface area (Å²) in [6.45, 7) is 6.15. The van der Waals surface area contributed by atoms with Crippen LogP contribution in [-0.4, -0.2) is 60.9 Å². The molecular weight excluding hydrogens is 306 g/mol. The van der Waals surface area contributed by atoms with Crippen LogP contribution in [0.1, 0.15) is 30.6 Å². The van der Waals surface area contributed by atoms with Gasteiger partial charge in [0.2, 0.25) is 5.91 Å². The van der Waals surface area contributed by atoms with E-state index in [2.05, 4.69) is 0 Å². The lowest BCUT2D eigenvalue weighted by molar-refractivity contribution is -0.135. The van der Waals surface area contributed by atoms with Gasteiger partial charge in [0, 0.05) is 31.7 Å². The number of benzene rings is 1. The molecule has 6 nitrogen and oxygen atoms in total. The zero-order valence-electron chi connectivity index (χ0n) is 14.7. The van der Waals surface area contributed by atoms with Crippen molar-refractivity contribution >= 4 is 11.8 Å². The Balaban J connectivity index is 1.92. The first kappa shape index (κ1) is 18.3. The van der Waals surface area contributed by atoms with Gasteiger partial charge in [-0.3, -0.25) is 9.59 Å². The number of hydrogen-bond donors (Lipinski definition) is 1. The van der Waals surface area contributed by atoms with Gasteiger partial charge in [-0.15, -0.1) is 0 Å². The van der Waals surface area contributed by atoms with Crippen molar-refractivity contribution in [2.24, 2.45) is 11.7 Å². The fourth-order valence-electron chi connectivity index (χ4n) is 2.75. The van der Waals surface area contributed by atoms with Gasteiger partial charge in [-0.2, -0.15) is 0 Å². The summed E-state index contributed by atoms with van der Waals surface area (Å²) in [5, 5.41) is 0. The molecular formula is C18H27N3O3. The number of amides is 2. The van der Waals surface area contributed by atoms with E-state index in [0.29, 0.717) is 31.7 Å². The molecule has 1 aliphatic heterocycles. The van der Waals surface area contributed by atoms with Crippen molar-refractivity contribution in [1.82, 2.24) is 9.80 Å². The van der Waals surface area contributed by atoms with E-state index in [1.54, 1.807) is 41.2 Å². The molecule has 24 heavy (non-hydrogen) atoms. The third-order valence-corrected chi connectivity index (χ3v) is 4.76. The lowest BCUT2D eigenvalue weighted by Crippen LogP contribution is -2.55. The monoisotopic (exact) mass is 333 g/mol. The summed E-state index contributed by atoms with van der Waals surface area (Å²) in [6, 6.07) is 6.62. The lowest BCUT2D eigenvalue weighted by Gasteiger charge is -2.36. The van der Waals surface area contributed by atoms with E-state index < -0.39 is 6.04 Å². The summed E-state index contributed by atoms with van der Waals surface area (Å²) in [6.07, 6.45) is 0.878. The predicted octanol–water partition coefficient (Wildman–Crippen LogP) is 1.35. The number of carbonyl (C=O) groups excluding carboxylic acids is 2. The lowest BCUT2D eigenvalue weighted by atomic mass is 9.98. The van der Waals surface area contributed by atoms with Crippen LogP contribution >= 0.6 is 0 Å². The third-order valence-electron chi connectivity index (χ3n) is 4.76. The molecule has 2 atom stereocenters. The third kappa shape index (κ3) is 4.06. The molecule has 2 rings (SSSR count). The average Bonchev–Trinajstić information content (AvgIpc) is 2.65. The number of nitrogens with zero attached hydrogens (tertiary/aromatic N) is 2. The number of rotatable bonds is 5. The second kappa shape index (κ2) is 8.15. The van der Waals surface area contributed by atoms with Gasteiger partial charge in [0.1, 0.15) is 5.75 Å². The second-order valence-electron chi connectivity index (χ2n) is 6.26. The maximum atomic E-state index is 12.5. The molecule has 1 heterocycles. The molecule has 2 unspecified atom stereocenters. The maximum absolute atomic E-state index is 12.5. The normalized spacial score (nSPS) is 17.3. The SMILES string of the molecule is CCC(C)C(N)C(=O)N1CCN(C(=O)c2ccc(OC)cc2)CC1. The number of hydrogen-bond acceptors (Lipinski definition) is 4. The van der Waals surface area contributed by atoms with Gasteiger partial charge < -0.3 is 20.3 Å². The van der Waals surface area contributed by atoms with E-state index in [1.807, 2.05) is 13.8 Å². The highest BCUT2D eigenvalue weighted by molar-refractivity contribution is 5.94. The van der Waals surface area contributed by atoms with Crippen LogP contribution in [0.2, 0.25) is 0 Å². The van der Waals surface area contributed by atoms with E-state index in [-0.39, 0.29) is 17.7 Å². The van der Waals surface area contributed by atoms with Gasteiger partial charge in [0.05, 0.1) is 13.2 Å². The molecule has 0 aromatic heterocycles. The molecule has 1 aromatic carbocycles. The Hall–Kier alpha value is -2.08. The Morgan fingerprint density at radius 3 is 2.17 bits per heavy atom. The molecule has 0 saturated carbocycles. The fraction of sp³-hybridized carbons (Fsp3) is 0.556. The van der Waals surface area contributed by atoms with Gasteiger partial charge >= 0.3 is 0 Å². The Morgan fingerprint density at radius 2 is 1.67 bits per heavy atom. The summed E-state index contributed by atoms with van der Waals surface area (Å²) in [7, 11) is 1.59. The highest BCUT2D eigenvalue weighted by Gasteiger charge is 2.29. The number of piperazine rings is 1. The van der Waals surface area contributed by atoms with Gasteiger partial charge in [0.15, 0.2) is 0 Å². The van der Waals surface area contributed by atoms with Crippen LogP contribution in [0.3, 0.4) is 0 Å². The first-order valence-corrected chi connectivity index (χ1v) is 8.45. The molecule has 132 valence electrons. The van der Waals surface area contributed by atoms with Crippen LogP contribution in [0.15, 0.2) is 24.3 Å². The Bertz CT molecular complexity index is 565.